The third-order valence-corrected chi connectivity index (χ3v) is 4.41. The number of aliphatic hydroxyl groups excluding tert-OH is 1. The molecule has 2 amide bonds. The normalized spacial score (nSPS) is 15.4. The number of amides is 2. The molecule has 1 aliphatic rings. The number of benzene rings is 2. The molecule has 130 valence electrons. The van der Waals surface area contributed by atoms with Crippen molar-refractivity contribution in [3.05, 3.63) is 71.3 Å². The number of β-amino-alcohol motifs (C(OH)–C–C–N with tert-alkyl or cyclic N) is 1. The highest BCUT2D eigenvalue weighted by Crippen LogP contribution is 2.21. The number of carbonyl (C=O) groups excluding carboxylic acids is 2. The maximum absolute atomic E-state index is 12.6. The molecule has 0 spiro atoms. The maximum Gasteiger partial charge on any atom is 0.251 e. The van der Waals surface area contributed by atoms with Gasteiger partial charge >= 0.3 is 0 Å². The molecule has 0 radical (unpaired) electrons. The molecule has 1 atom stereocenters. The summed E-state index contributed by atoms with van der Waals surface area (Å²) in [5.74, 6) is -0.270. The van der Waals surface area contributed by atoms with Crippen LogP contribution in [0.4, 0.5) is 0 Å². The van der Waals surface area contributed by atoms with Gasteiger partial charge in [-0.1, -0.05) is 48.0 Å². The van der Waals surface area contributed by atoms with Gasteiger partial charge in [-0.2, -0.15) is 0 Å². The largest absolute Gasteiger partial charge is 0.389 e. The molecule has 1 fully saturated rings. The van der Waals surface area contributed by atoms with E-state index in [0.717, 1.165) is 11.1 Å². The highest BCUT2D eigenvalue weighted by Gasteiger charge is 2.30. The molecule has 0 bridgehead atoms. The van der Waals surface area contributed by atoms with Crippen LogP contribution < -0.4 is 5.32 Å². The van der Waals surface area contributed by atoms with Gasteiger partial charge in [0.05, 0.1) is 18.6 Å². The number of aliphatic hydroxyl groups is 1. The van der Waals surface area contributed by atoms with Crippen LogP contribution in [0.5, 0.6) is 0 Å². The lowest BCUT2D eigenvalue weighted by atomic mass is 10.0. The molecule has 1 saturated heterocycles. The van der Waals surface area contributed by atoms with Crippen LogP contribution in [0, 0.1) is 6.92 Å². The van der Waals surface area contributed by atoms with Crippen molar-refractivity contribution in [1.82, 2.24) is 10.2 Å². The second-order valence-corrected chi connectivity index (χ2v) is 6.46. The van der Waals surface area contributed by atoms with E-state index in [1.165, 1.54) is 0 Å². The van der Waals surface area contributed by atoms with E-state index >= 15 is 0 Å². The molecule has 0 aromatic heterocycles. The number of likely N-dealkylation sites (tertiary alicyclic amines) is 1. The zero-order valence-corrected chi connectivity index (χ0v) is 14.2. The number of aryl methyl sites for hydroxylation is 1. The van der Waals surface area contributed by atoms with E-state index in [0.29, 0.717) is 18.7 Å². The fraction of sp³-hybridized carbons (Fsp3) is 0.300. The third-order valence-electron chi connectivity index (χ3n) is 4.41. The summed E-state index contributed by atoms with van der Waals surface area (Å²) >= 11 is 0. The Morgan fingerprint density at radius 2 is 1.76 bits per heavy atom. The van der Waals surface area contributed by atoms with Crippen molar-refractivity contribution in [2.24, 2.45) is 0 Å². The maximum atomic E-state index is 12.6. The molecule has 3 rings (SSSR count). The molecule has 1 aliphatic heterocycles. The zero-order chi connectivity index (χ0) is 17.8. The quantitative estimate of drug-likeness (QED) is 0.877. The Kier molecular flexibility index (Phi) is 5.14. The minimum Gasteiger partial charge on any atom is -0.389 e. The summed E-state index contributed by atoms with van der Waals surface area (Å²) in [6.07, 6.45) is -0.254. The summed E-state index contributed by atoms with van der Waals surface area (Å²) < 4.78 is 0. The minimum absolute atomic E-state index is 0.0663. The molecule has 5 nitrogen and oxygen atoms in total. The number of carbonyl (C=O) groups is 2. The van der Waals surface area contributed by atoms with Gasteiger partial charge in [0.2, 0.25) is 5.91 Å². The Morgan fingerprint density at radius 1 is 1.12 bits per heavy atom. The first-order valence-corrected chi connectivity index (χ1v) is 8.41. The van der Waals surface area contributed by atoms with Crippen molar-refractivity contribution in [3.8, 4) is 0 Å². The second-order valence-electron chi connectivity index (χ2n) is 6.46. The second kappa shape index (κ2) is 7.49. The SMILES string of the molecule is Cc1ccc(C(=O)NC(CC(=O)N2CC(O)C2)c2ccccc2)cc1. The van der Waals surface area contributed by atoms with E-state index in [9.17, 15) is 14.7 Å². The van der Waals surface area contributed by atoms with E-state index in [4.69, 9.17) is 0 Å². The summed E-state index contributed by atoms with van der Waals surface area (Å²) in [7, 11) is 0. The monoisotopic (exact) mass is 338 g/mol. The standard InChI is InChI=1S/C20H22N2O3/c1-14-7-9-16(10-8-14)20(25)21-18(15-5-3-2-4-6-15)11-19(24)22-12-17(23)13-22/h2-10,17-18,23H,11-13H2,1H3,(H,21,25). The topological polar surface area (TPSA) is 69.6 Å². The van der Waals surface area contributed by atoms with Crippen LogP contribution in [0.15, 0.2) is 54.6 Å². The molecule has 0 aliphatic carbocycles. The first kappa shape index (κ1) is 17.2. The summed E-state index contributed by atoms with van der Waals surface area (Å²) in [6, 6.07) is 16.4. The van der Waals surface area contributed by atoms with Crippen LogP contribution in [-0.2, 0) is 4.79 Å². The first-order chi connectivity index (χ1) is 12.0. The van der Waals surface area contributed by atoms with Crippen LogP contribution in [0.2, 0.25) is 0 Å². The molecule has 2 N–H and O–H groups in total. The smallest absolute Gasteiger partial charge is 0.251 e. The molecular formula is C20H22N2O3. The molecule has 25 heavy (non-hydrogen) atoms. The van der Waals surface area contributed by atoms with Crippen LogP contribution in [-0.4, -0.2) is 41.0 Å². The lowest BCUT2D eigenvalue weighted by molar-refractivity contribution is -0.141. The average molecular weight is 338 g/mol. The minimum atomic E-state index is -0.429. The van der Waals surface area contributed by atoms with E-state index < -0.39 is 12.1 Å². The number of nitrogens with zero attached hydrogens (tertiary/aromatic N) is 1. The van der Waals surface area contributed by atoms with Gasteiger partial charge < -0.3 is 15.3 Å². The van der Waals surface area contributed by atoms with Gasteiger partial charge in [-0.15, -0.1) is 0 Å². The molecule has 2 aromatic carbocycles. The van der Waals surface area contributed by atoms with Crippen molar-refractivity contribution in [1.29, 1.82) is 0 Å². The zero-order valence-electron chi connectivity index (χ0n) is 14.2. The third kappa shape index (κ3) is 4.25. The van der Waals surface area contributed by atoms with Crippen LogP contribution in [0.1, 0.15) is 33.9 Å². The van der Waals surface area contributed by atoms with Crippen LogP contribution >= 0.6 is 0 Å². The molecule has 5 heteroatoms. The Balaban J connectivity index is 1.73. The summed E-state index contributed by atoms with van der Waals surface area (Å²) in [6.45, 7) is 2.70. The summed E-state index contributed by atoms with van der Waals surface area (Å²) in [5, 5.41) is 12.3. The molecule has 0 saturated carbocycles. The lowest BCUT2D eigenvalue weighted by Gasteiger charge is -2.36. The Morgan fingerprint density at radius 3 is 2.36 bits per heavy atom. The van der Waals surface area contributed by atoms with Gasteiger partial charge in [-0.25, -0.2) is 0 Å². The van der Waals surface area contributed by atoms with Crippen LogP contribution in [0.3, 0.4) is 0 Å². The number of hydrogen-bond donors (Lipinski definition) is 2. The van der Waals surface area contributed by atoms with E-state index in [1.54, 1.807) is 17.0 Å². The van der Waals surface area contributed by atoms with Gasteiger partial charge in [-0.3, -0.25) is 9.59 Å². The van der Waals surface area contributed by atoms with E-state index in [2.05, 4.69) is 5.32 Å². The molecule has 2 aromatic rings. The van der Waals surface area contributed by atoms with Gasteiger partial charge in [-0.05, 0) is 24.6 Å². The van der Waals surface area contributed by atoms with E-state index in [1.807, 2.05) is 49.4 Å². The van der Waals surface area contributed by atoms with Crippen molar-refractivity contribution in [2.75, 3.05) is 13.1 Å². The van der Waals surface area contributed by atoms with Crippen molar-refractivity contribution in [2.45, 2.75) is 25.5 Å². The highest BCUT2D eigenvalue weighted by molar-refractivity contribution is 5.94. The fourth-order valence-electron chi connectivity index (χ4n) is 2.85. The van der Waals surface area contributed by atoms with Gasteiger partial charge in [0.15, 0.2) is 0 Å². The molecular weight excluding hydrogens is 316 g/mol. The van der Waals surface area contributed by atoms with Crippen LogP contribution in [0.25, 0.3) is 0 Å². The van der Waals surface area contributed by atoms with E-state index in [-0.39, 0.29) is 18.2 Å². The molecule has 1 heterocycles. The molecule has 1 unspecified atom stereocenters. The first-order valence-electron chi connectivity index (χ1n) is 8.41. The van der Waals surface area contributed by atoms with Gasteiger partial charge in [0.25, 0.3) is 5.91 Å². The number of rotatable bonds is 5. The number of nitrogens with one attached hydrogen (secondary N) is 1. The van der Waals surface area contributed by atoms with Gasteiger partial charge in [0, 0.05) is 18.7 Å². The summed E-state index contributed by atoms with van der Waals surface area (Å²) in [5.41, 5.74) is 2.54. The fourth-order valence-corrected chi connectivity index (χ4v) is 2.85. The Labute approximate surface area is 147 Å². The van der Waals surface area contributed by atoms with Crippen molar-refractivity contribution < 1.29 is 14.7 Å². The van der Waals surface area contributed by atoms with Crippen molar-refractivity contribution in [3.63, 3.8) is 0 Å². The van der Waals surface area contributed by atoms with Gasteiger partial charge in [0.1, 0.15) is 0 Å². The number of hydrogen-bond acceptors (Lipinski definition) is 3. The average Bonchev–Trinajstić information content (AvgIpc) is 2.59. The van der Waals surface area contributed by atoms with Crippen molar-refractivity contribution >= 4 is 11.8 Å². The Bertz CT molecular complexity index is 737. The summed E-state index contributed by atoms with van der Waals surface area (Å²) in [4.78, 5) is 26.5. The predicted molar refractivity (Wildman–Crippen MR) is 95.0 cm³/mol. The Hall–Kier alpha value is -2.66. The highest BCUT2D eigenvalue weighted by atomic mass is 16.3. The predicted octanol–water partition coefficient (Wildman–Crippen LogP) is 2.06. The lowest BCUT2D eigenvalue weighted by Crippen LogP contribution is -2.54.